The molecule has 0 bridgehead atoms. The van der Waals surface area contributed by atoms with E-state index in [2.05, 4.69) is 4.90 Å². The summed E-state index contributed by atoms with van der Waals surface area (Å²) in [5.41, 5.74) is -0.488. The van der Waals surface area contributed by atoms with Crippen molar-refractivity contribution in [3.05, 3.63) is 96.1 Å². The number of rotatable bonds is 10. The molecular weight excluding hydrogens is 608 g/mol. The summed E-state index contributed by atoms with van der Waals surface area (Å²) < 4.78 is 12.7. The van der Waals surface area contributed by atoms with Gasteiger partial charge in [0.25, 0.3) is 0 Å². The van der Waals surface area contributed by atoms with Crippen molar-refractivity contribution in [1.82, 2.24) is 19.6 Å². The number of hydrogen-bond donors (Lipinski definition) is 1. The quantitative estimate of drug-likeness (QED) is 0.393. The van der Waals surface area contributed by atoms with E-state index in [0.717, 1.165) is 24.2 Å². The maximum absolute atomic E-state index is 15.1. The first-order valence-electron chi connectivity index (χ1n) is 17.3. The number of morpholine rings is 1. The summed E-state index contributed by atoms with van der Waals surface area (Å²) in [4.78, 5) is 52.2. The van der Waals surface area contributed by atoms with Gasteiger partial charge in [-0.25, -0.2) is 0 Å². The van der Waals surface area contributed by atoms with E-state index >= 15 is 4.79 Å². The molecule has 254 valence electrons. The molecular formula is C38H46N4O6. The number of fused-ring (bicyclic) bond motifs is 2. The van der Waals surface area contributed by atoms with Crippen LogP contribution >= 0.6 is 0 Å². The van der Waals surface area contributed by atoms with Gasteiger partial charge >= 0.3 is 0 Å². The molecule has 0 saturated carbocycles. The van der Waals surface area contributed by atoms with Gasteiger partial charge < -0.3 is 29.3 Å². The molecule has 1 N–H and O–H groups in total. The summed E-state index contributed by atoms with van der Waals surface area (Å²) in [7, 11) is 0. The van der Waals surface area contributed by atoms with E-state index in [4.69, 9.17) is 9.47 Å². The van der Waals surface area contributed by atoms with Gasteiger partial charge in [-0.2, -0.15) is 0 Å². The summed E-state index contributed by atoms with van der Waals surface area (Å²) in [5.74, 6) is -2.44. The smallest absolute Gasteiger partial charge is 0.249 e. The van der Waals surface area contributed by atoms with Crippen molar-refractivity contribution in [1.29, 1.82) is 0 Å². The normalized spacial score (nSPS) is 31.0. The maximum atomic E-state index is 15.1. The first-order valence-corrected chi connectivity index (χ1v) is 17.3. The molecule has 3 saturated heterocycles. The average molecular weight is 655 g/mol. The first-order chi connectivity index (χ1) is 23.4. The van der Waals surface area contributed by atoms with Gasteiger partial charge in [-0.1, -0.05) is 91.9 Å². The fraction of sp³-hybridized carbons (Fsp3) is 0.500. The summed E-state index contributed by atoms with van der Waals surface area (Å²) in [6.07, 6.45) is 8.62. The van der Waals surface area contributed by atoms with E-state index in [0.29, 0.717) is 58.8 Å². The second kappa shape index (κ2) is 13.6. The highest BCUT2D eigenvalue weighted by Crippen LogP contribution is 2.59. The average Bonchev–Trinajstić information content (AvgIpc) is 3.42. The number of likely N-dealkylation sites (tertiary alicyclic amines) is 1. The molecule has 0 aliphatic carbocycles. The Hall–Kier alpha value is -3.83. The second-order valence-corrected chi connectivity index (χ2v) is 13.6. The SMILES string of the molecule is CC[C@]12C=CCN(Cc3ccccc3)C(=O)[C@H]1[C@H]1C(=O)N([C@@H](CO)Cc3ccccc3)C3C(=O)N(CCN4CCOCC4)CC=C[C@@]31O2. The lowest BCUT2D eigenvalue weighted by Gasteiger charge is -2.41. The number of hydrogen-bond acceptors (Lipinski definition) is 7. The number of nitrogens with zero attached hydrogens (tertiary/aromatic N) is 4. The van der Waals surface area contributed by atoms with Crippen molar-refractivity contribution in [3.8, 4) is 0 Å². The number of amides is 3. The van der Waals surface area contributed by atoms with Gasteiger partial charge in [0.05, 0.1) is 43.3 Å². The number of aliphatic hydroxyl groups excluding tert-OH is 1. The van der Waals surface area contributed by atoms with Gasteiger partial charge in [0.15, 0.2) is 0 Å². The van der Waals surface area contributed by atoms with Gasteiger partial charge in [-0.3, -0.25) is 19.3 Å². The molecule has 3 amide bonds. The Bertz CT molecular complexity index is 1540. The van der Waals surface area contributed by atoms with Crippen molar-refractivity contribution >= 4 is 17.7 Å². The molecule has 5 aliphatic rings. The topological polar surface area (TPSA) is 103 Å². The highest BCUT2D eigenvalue weighted by molar-refractivity contribution is 6.00. The molecule has 3 fully saturated rings. The van der Waals surface area contributed by atoms with Crippen LogP contribution in [0.25, 0.3) is 0 Å². The lowest BCUT2D eigenvalue weighted by atomic mass is 9.73. The molecule has 0 aromatic heterocycles. The molecule has 1 unspecified atom stereocenters. The lowest BCUT2D eigenvalue weighted by molar-refractivity contribution is -0.157. The van der Waals surface area contributed by atoms with E-state index < -0.39 is 35.1 Å². The van der Waals surface area contributed by atoms with Crippen LogP contribution in [-0.2, 0) is 36.8 Å². The minimum Gasteiger partial charge on any atom is -0.394 e. The van der Waals surface area contributed by atoms with Gasteiger partial charge in [0.1, 0.15) is 11.6 Å². The number of carbonyl (C=O) groups is 3. The van der Waals surface area contributed by atoms with Crippen LogP contribution < -0.4 is 0 Å². The molecule has 10 nitrogen and oxygen atoms in total. The number of ether oxygens (including phenoxy) is 2. The molecule has 10 heteroatoms. The molecule has 2 aromatic carbocycles. The summed E-state index contributed by atoms with van der Waals surface area (Å²) in [5, 5.41) is 10.9. The third-order valence-electron chi connectivity index (χ3n) is 11.0. The van der Waals surface area contributed by atoms with E-state index in [-0.39, 0.29) is 24.3 Å². The van der Waals surface area contributed by atoms with E-state index in [1.807, 2.05) is 91.9 Å². The van der Waals surface area contributed by atoms with Gasteiger partial charge in [0.2, 0.25) is 17.7 Å². The minimum atomic E-state index is -1.37. The van der Waals surface area contributed by atoms with Gasteiger partial charge in [-0.05, 0) is 24.0 Å². The fourth-order valence-electron chi connectivity index (χ4n) is 8.56. The molecule has 1 spiro atoms. The van der Waals surface area contributed by atoms with E-state index in [9.17, 15) is 14.7 Å². The molecule has 0 radical (unpaired) electrons. The number of carbonyl (C=O) groups excluding carboxylic acids is 3. The monoisotopic (exact) mass is 654 g/mol. The molecule has 48 heavy (non-hydrogen) atoms. The van der Waals surface area contributed by atoms with Crippen molar-refractivity contribution in [3.63, 3.8) is 0 Å². The Morgan fingerprint density at radius 3 is 2.17 bits per heavy atom. The third kappa shape index (κ3) is 5.68. The highest BCUT2D eigenvalue weighted by atomic mass is 16.5. The number of aliphatic hydroxyl groups is 1. The van der Waals surface area contributed by atoms with Crippen LogP contribution in [0.15, 0.2) is 85.0 Å². The van der Waals surface area contributed by atoms with Crippen molar-refractivity contribution < 1.29 is 29.0 Å². The summed E-state index contributed by atoms with van der Waals surface area (Å²) >= 11 is 0. The molecule has 5 aliphatic heterocycles. The van der Waals surface area contributed by atoms with Crippen LogP contribution in [0, 0.1) is 11.8 Å². The molecule has 5 heterocycles. The van der Waals surface area contributed by atoms with Crippen molar-refractivity contribution in [2.45, 2.75) is 49.6 Å². The van der Waals surface area contributed by atoms with Crippen LogP contribution in [0.1, 0.15) is 24.5 Å². The minimum absolute atomic E-state index is 0.153. The third-order valence-corrected chi connectivity index (χ3v) is 11.0. The lowest BCUT2D eigenvalue weighted by Crippen LogP contribution is -2.59. The summed E-state index contributed by atoms with van der Waals surface area (Å²) in [6, 6.07) is 17.8. The molecule has 2 aromatic rings. The summed E-state index contributed by atoms with van der Waals surface area (Å²) in [6.45, 7) is 6.93. The molecule has 6 atom stereocenters. The fourth-order valence-corrected chi connectivity index (χ4v) is 8.56. The Morgan fingerprint density at radius 1 is 0.812 bits per heavy atom. The molecule has 7 rings (SSSR count). The maximum Gasteiger partial charge on any atom is 0.249 e. The predicted octanol–water partition coefficient (Wildman–Crippen LogP) is 2.28. The zero-order valence-corrected chi connectivity index (χ0v) is 27.7. The van der Waals surface area contributed by atoms with E-state index in [1.165, 1.54) is 0 Å². The van der Waals surface area contributed by atoms with Crippen LogP contribution in [0.4, 0.5) is 0 Å². The first kappa shape index (κ1) is 32.7. The largest absolute Gasteiger partial charge is 0.394 e. The Morgan fingerprint density at radius 2 is 1.48 bits per heavy atom. The second-order valence-electron chi connectivity index (χ2n) is 13.6. The van der Waals surface area contributed by atoms with Crippen LogP contribution in [-0.4, -0.2) is 125 Å². The van der Waals surface area contributed by atoms with E-state index in [1.54, 1.807) is 14.7 Å². The zero-order chi connectivity index (χ0) is 33.3. The van der Waals surface area contributed by atoms with Gasteiger partial charge in [-0.15, -0.1) is 0 Å². The van der Waals surface area contributed by atoms with Crippen LogP contribution in [0.2, 0.25) is 0 Å². The van der Waals surface area contributed by atoms with Gasteiger partial charge in [0, 0.05) is 45.8 Å². The standard InChI is InChI=1S/C38H46N4O6/c1-2-37-15-9-18-41(26-29-13-7-4-8-14-29)34(44)31(37)32-35(45)42(30(27-43)25-28-11-5-3-6-12-28)33-36(46)40(17-10-16-38(32,33)48-37)20-19-39-21-23-47-24-22-39/h3-16,30-33,43H,2,17-27H2,1H3/t30-,31-,32+,33?,37+,38+/m1/s1. The predicted molar refractivity (Wildman–Crippen MR) is 179 cm³/mol. The van der Waals surface area contributed by atoms with Crippen molar-refractivity contribution in [2.75, 3.05) is 59.1 Å². The Balaban J connectivity index is 1.28. The zero-order valence-electron chi connectivity index (χ0n) is 27.7. The van der Waals surface area contributed by atoms with Crippen LogP contribution in [0.5, 0.6) is 0 Å². The highest BCUT2D eigenvalue weighted by Gasteiger charge is 2.75. The van der Waals surface area contributed by atoms with Crippen molar-refractivity contribution in [2.24, 2.45) is 11.8 Å². The number of benzene rings is 2. The Labute approximate surface area is 282 Å². The van der Waals surface area contributed by atoms with Crippen LogP contribution in [0.3, 0.4) is 0 Å². The Kier molecular flexibility index (Phi) is 9.26.